The van der Waals surface area contributed by atoms with E-state index >= 15 is 0 Å². The monoisotopic (exact) mass is 183 g/mol. The average molecular weight is 183 g/mol. The summed E-state index contributed by atoms with van der Waals surface area (Å²) in [5.41, 5.74) is 0.270. The van der Waals surface area contributed by atoms with E-state index in [0.717, 1.165) is 19.0 Å². The maximum absolute atomic E-state index is 11.3. The molecule has 13 heavy (non-hydrogen) atoms. The summed E-state index contributed by atoms with van der Waals surface area (Å²) >= 11 is 0. The van der Waals surface area contributed by atoms with Gasteiger partial charge in [0.2, 0.25) is 0 Å². The van der Waals surface area contributed by atoms with E-state index in [2.05, 4.69) is 5.32 Å². The zero-order valence-corrected chi connectivity index (χ0v) is 8.14. The Labute approximate surface area is 78.8 Å². The average Bonchev–Trinajstić information content (AvgIpc) is 2.80. The van der Waals surface area contributed by atoms with Crippen LogP contribution in [0.25, 0.3) is 0 Å². The normalized spacial score (nSPS) is 25.0. The molecular formula is C10H17NO2. The molecule has 3 nitrogen and oxygen atoms in total. The summed E-state index contributed by atoms with van der Waals surface area (Å²) in [7, 11) is 0. The Morgan fingerprint density at radius 1 is 1.54 bits per heavy atom. The summed E-state index contributed by atoms with van der Waals surface area (Å²) in [6.07, 6.45) is 3.24. The number of carbonyl (C=O) groups excluding carboxylic acids is 1. The highest BCUT2D eigenvalue weighted by molar-refractivity contribution is 5.70. The second-order valence-electron chi connectivity index (χ2n) is 4.22. The van der Waals surface area contributed by atoms with Gasteiger partial charge in [0.05, 0.1) is 13.0 Å². The topological polar surface area (TPSA) is 38.3 Å². The fourth-order valence-electron chi connectivity index (χ4n) is 2.20. The lowest BCUT2D eigenvalue weighted by atomic mass is 9.74. The van der Waals surface area contributed by atoms with Crippen LogP contribution < -0.4 is 5.32 Å². The van der Waals surface area contributed by atoms with Crippen molar-refractivity contribution < 1.29 is 9.53 Å². The molecule has 3 heteroatoms. The molecule has 2 aliphatic rings. The third kappa shape index (κ3) is 1.70. The van der Waals surface area contributed by atoms with E-state index < -0.39 is 0 Å². The molecule has 1 saturated carbocycles. The second kappa shape index (κ2) is 3.29. The van der Waals surface area contributed by atoms with E-state index in [9.17, 15) is 4.79 Å². The fourth-order valence-corrected chi connectivity index (χ4v) is 2.20. The smallest absolute Gasteiger partial charge is 0.306 e. The third-order valence-electron chi connectivity index (χ3n) is 3.20. The summed E-state index contributed by atoms with van der Waals surface area (Å²) in [5.74, 6) is 0.772. The summed E-state index contributed by atoms with van der Waals surface area (Å²) in [5, 5.41) is 3.26. The van der Waals surface area contributed by atoms with Gasteiger partial charge >= 0.3 is 5.97 Å². The van der Waals surface area contributed by atoms with Crippen molar-refractivity contribution in [1.29, 1.82) is 0 Å². The van der Waals surface area contributed by atoms with Gasteiger partial charge in [0.25, 0.3) is 0 Å². The molecule has 0 aromatic carbocycles. The predicted octanol–water partition coefficient (Wildman–Crippen LogP) is 0.939. The standard InChI is InChI=1S/C10H17NO2/c1-2-13-9(12)5-10(6-11-7-10)8-3-4-8/h8,11H,2-7H2,1H3. The zero-order valence-electron chi connectivity index (χ0n) is 8.14. The minimum absolute atomic E-state index is 0.0177. The van der Waals surface area contributed by atoms with Gasteiger partial charge in [-0.15, -0.1) is 0 Å². The first kappa shape index (κ1) is 9.00. The second-order valence-corrected chi connectivity index (χ2v) is 4.22. The Morgan fingerprint density at radius 3 is 2.62 bits per heavy atom. The molecule has 1 aliphatic carbocycles. The summed E-state index contributed by atoms with van der Waals surface area (Å²) < 4.78 is 4.98. The van der Waals surface area contributed by atoms with Gasteiger partial charge in [0.1, 0.15) is 0 Å². The van der Waals surface area contributed by atoms with Crippen molar-refractivity contribution in [3.63, 3.8) is 0 Å². The lowest BCUT2D eigenvalue weighted by Crippen LogP contribution is -2.55. The largest absolute Gasteiger partial charge is 0.466 e. The zero-order chi connectivity index (χ0) is 9.31. The van der Waals surface area contributed by atoms with Crippen molar-refractivity contribution in [2.75, 3.05) is 19.7 Å². The first-order valence-electron chi connectivity index (χ1n) is 5.13. The van der Waals surface area contributed by atoms with Crippen LogP contribution in [0, 0.1) is 11.3 Å². The van der Waals surface area contributed by atoms with E-state index in [1.165, 1.54) is 12.8 Å². The Kier molecular flexibility index (Phi) is 2.28. The molecule has 0 aromatic rings. The molecule has 2 fully saturated rings. The molecule has 1 aliphatic heterocycles. The molecule has 1 N–H and O–H groups in total. The number of nitrogens with one attached hydrogen (secondary N) is 1. The highest BCUT2D eigenvalue weighted by Gasteiger charge is 2.50. The van der Waals surface area contributed by atoms with Gasteiger partial charge in [0.15, 0.2) is 0 Å². The molecule has 0 unspecified atom stereocenters. The summed E-state index contributed by atoms with van der Waals surface area (Å²) in [6, 6.07) is 0. The Bertz CT molecular complexity index is 207. The van der Waals surface area contributed by atoms with Crippen LogP contribution in [0.3, 0.4) is 0 Å². The summed E-state index contributed by atoms with van der Waals surface area (Å²) in [6.45, 7) is 4.39. The molecule has 0 amide bonds. The number of hydrogen-bond acceptors (Lipinski definition) is 3. The highest BCUT2D eigenvalue weighted by Crippen LogP contribution is 2.50. The SMILES string of the molecule is CCOC(=O)CC1(C2CC2)CNC1. The number of carbonyl (C=O) groups is 1. The maximum atomic E-state index is 11.3. The van der Waals surface area contributed by atoms with Crippen LogP contribution in [0.1, 0.15) is 26.2 Å². The van der Waals surface area contributed by atoms with Crippen molar-refractivity contribution in [1.82, 2.24) is 5.32 Å². The molecule has 0 radical (unpaired) electrons. The quantitative estimate of drug-likeness (QED) is 0.659. The van der Waals surface area contributed by atoms with Crippen molar-refractivity contribution >= 4 is 5.97 Å². The van der Waals surface area contributed by atoms with E-state index in [1.807, 2.05) is 6.92 Å². The molecule has 0 atom stereocenters. The van der Waals surface area contributed by atoms with Crippen LogP contribution in [-0.2, 0) is 9.53 Å². The Balaban J connectivity index is 1.86. The van der Waals surface area contributed by atoms with E-state index in [4.69, 9.17) is 4.74 Å². The van der Waals surface area contributed by atoms with Crippen molar-refractivity contribution in [2.24, 2.45) is 11.3 Å². The van der Waals surface area contributed by atoms with Crippen LogP contribution in [0.4, 0.5) is 0 Å². The van der Waals surface area contributed by atoms with Gasteiger partial charge in [-0.3, -0.25) is 4.79 Å². The Hall–Kier alpha value is -0.570. The van der Waals surface area contributed by atoms with Crippen molar-refractivity contribution in [3.05, 3.63) is 0 Å². The molecule has 0 spiro atoms. The molecule has 74 valence electrons. The van der Waals surface area contributed by atoms with Gasteiger partial charge in [-0.05, 0) is 25.7 Å². The van der Waals surface area contributed by atoms with Gasteiger partial charge in [-0.25, -0.2) is 0 Å². The highest BCUT2D eigenvalue weighted by atomic mass is 16.5. The Morgan fingerprint density at radius 2 is 2.23 bits per heavy atom. The van der Waals surface area contributed by atoms with Gasteiger partial charge in [-0.2, -0.15) is 0 Å². The van der Waals surface area contributed by atoms with E-state index in [-0.39, 0.29) is 11.4 Å². The van der Waals surface area contributed by atoms with Crippen molar-refractivity contribution in [2.45, 2.75) is 26.2 Å². The number of esters is 1. The number of rotatable bonds is 4. The van der Waals surface area contributed by atoms with Crippen molar-refractivity contribution in [3.8, 4) is 0 Å². The molecule has 0 aromatic heterocycles. The van der Waals surface area contributed by atoms with E-state index in [0.29, 0.717) is 13.0 Å². The van der Waals surface area contributed by atoms with Gasteiger partial charge in [-0.1, -0.05) is 0 Å². The molecule has 2 rings (SSSR count). The first-order valence-corrected chi connectivity index (χ1v) is 5.13. The molecule has 0 bridgehead atoms. The third-order valence-corrected chi connectivity index (χ3v) is 3.20. The van der Waals surface area contributed by atoms with Gasteiger partial charge < -0.3 is 10.1 Å². The van der Waals surface area contributed by atoms with Crippen LogP contribution in [0.15, 0.2) is 0 Å². The van der Waals surface area contributed by atoms with E-state index in [1.54, 1.807) is 0 Å². The predicted molar refractivity (Wildman–Crippen MR) is 49.3 cm³/mol. The van der Waals surface area contributed by atoms with Gasteiger partial charge in [0, 0.05) is 18.5 Å². The van der Waals surface area contributed by atoms with Crippen LogP contribution in [0.5, 0.6) is 0 Å². The summed E-state index contributed by atoms with van der Waals surface area (Å²) in [4.78, 5) is 11.3. The lowest BCUT2D eigenvalue weighted by Gasteiger charge is -2.42. The molecular weight excluding hydrogens is 166 g/mol. The minimum Gasteiger partial charge on any atom is -0.466 e. The van der Waals surface area contributed by atoms with Crippen LogP contribution in [0.2, 0.25) is 0 Å². The minimum atomic E-state index is -0.0177. The molecule has 1 heterocycles. The number of hydrogen-bond donors (Lipinski definition) is 1. The first-order chi connectivity index (χ1) is 6.27. The maximum Gasteiger partial charge on any atom is 0.306 e. The van der Waals surface area contributed by atoms with Crippen LogP contribution >= 0.6 is 0 Å². The van der Waals surface area contributed by atoms with Crippen LogP contribution in [-0.4, -0.2) is 25.7 Å². The fraction of sp³-hybridized carbons (Fsp3) is 0.900. The number of ether oxygens (including phenoxy) is 1. The molecule has 1 saturated heterocycles. The lowest BCUT2D eigenvalue weighted by molar-refractivity contribution is -0.147.